The summed E-state index contributed by atoms with van der Waals surface area (Å²) in [6, 6.07) is -0.986. The highest BCUT2D eigenvalue weighted by atomic mass is 32.3. The first-order valence-electron chi connectivity index (χ1n) is 19.5. The molecule has 0 aliphatic carbocycles. The first-order chi connectivity index (χ1) is 23.3. The molecule has 0 radical (unpaired) electrons. The van der Waals surface area contributed by atoms with Gasteiger partial charge in [0.25, 0.3) is 0 Å². The number of unbranched alkanes of at least 4 members (excludes halogenated alkanes) is 22. The Kier molecular flexibility index (Phi) is 41.9. The van der Waals surface area contributed by atoms with Crippen molar-refractivity contribution in [3.05, 3.63) is 0 Å². The Morgan fingerprint density at radius 2 is 0.633 bits per heavy atom. The van der Waals surface area contributed by atoms with E-state index in [0.29, 0.717) is 12.8 Å². The van der Waals surface area contributed by atoms with Crippen LogP contribution in [0.2, 0.25) is 0 Å². The van der Waals surface area contributed by atoms with Crippen LogP contribution >= 0.6 is 0 Å². The van der Waals surface area contributed by atoms with Gasteiger partial charge in [0.05, 0.1) is 25.4 Å². The molecule has 49 heavy (non-hydrogen) atoms. The molecule has 0 unspecified atom stereocenters. The number of quaternary nitrogens is 2. The number of hydrogen-bond donors (Lipinski definition) is 8. The second-order valence-corrected chi connectivity index (χ2v) is 14.6. The van der Waals surface area contributed by atoms with E-state index in [1.54, 1.807) is 0 Å². The summed E-state index contributed by atoms with van der Waals surface area (Å²) in [4.78, 5) is 0. The monoisotopic (exact) mass is 733 g/mol. The summed E-state index contributed by atoms with van der Waals surface area (Å²) in [5.41, 5.74) is 7.25. The van der Waals surface area contributed by atoms with Gasteiger partial charge in [0.15, 0.2) is 0 Å². The van der Waals surface area contributed by atoms with Crippen LogP contribution in [0.3, 0.4) is 0 Å². The summed E-state index contributed by atoms with van der Waals surface area (Å²) in [5, 5.41) is 56.7. The molecular weight excluding hydrogens is 652 g/mol. The standard InChI is InChI=1S/2C18H39NO3.H2O4S/c2*1-2-3-4-5-6-7-8-9-10-11-12-13-14-17(21)18(22)16(19)15-20;1-5(2,3)4/h2*16-18,20-22H,2-15,19H2,1H3;(H2,1,2,3,4)/t2*16-,17+,18-;/m00./s1. The molecule has 0 fully saturated rings. The summed E-state index contributed by atoms with van der Waals surface area (Å²) >= 11 is 0. The number of hydrogen-bond acceptors (Lipinski definition) is 10. The molecule has 13 heteroatoms. The second kappa shape index (κ2) is 38.8. The molecule has 300 valence electrons. The Morgan fingerprint density at radius 3 is 0.816 bits per heavy atom. The van der Waals surface area contributed by atoms with E-state index in [1.807, 2.05) is 0 Å². The van der Waals surface area contributed by atoms with Crippen molar-refractivity contribution in [1.82, 2.24) is 0 Å². The van der Waals surface area contributed by atoms with E-state index in [9.17, 15) is 20.4 Å². The fourth-order valence-corrected chi connectivity index (χ4v) is 5.57. The topological polar surface area (TPSA) is 257 Å². The molecule has 0 saturated heterocycles. The number of rotatable bonds is 32. The Bertz CT molecular complexity index is 697. The molecule has 0 rings (SSSR count). The van der Waals surface area contributed by atoms with E-state index in [1.165, 1.54) is 128 Å². The van der Waals surface area contributed by atoms with Gasteiger partial charge in [-0.05, 0) is 12.8 Å². The second-order valence-electron chi connectivity index (χ2n) is 13.8. The molecule has 0 bridgehead atoms. The van der Waals surface area contributed by atoms with Gasteiger partial charge >= 0.3 is 0 Å². The van der Waals surface area contributed by atoms with Gasteiger partial charge in [-0.25, -0.2) is 0 Å². The highest BCUT2D eigenvalue weighted by molar-refractivity contribution is 7.79. The van der Waals surface area contributed by atoms with Gasteiger partial charge in [-0.2, -0.15) is 0 Å². The molecule has 0 aromatic carbocycles. The molecule has 0 aliphatic heterocycles. The average molecular weight is 733 g/mol. The molecule has 0 aromatic heterocycles. The Balaban J connectivity index is -0.000000757. The van der Waals surface area contributed by atoms with Crippen LogP contribution in [0, 0.1) is 0 Å². The van der Waals surface area contributed by atoms with Crippen LogP contribution in [0.25, 0.3) is 0 Å². The lowest BCUT2D eigenvalue weighted by atomic mass is 10.00. The largest absolute Gasteiger partial charge is 0.759 e. The van der Waals surface area contributed by atoms with Crippen LogP contribution in [0.15, 0.2) is 0 Å². The van der Waals surface area contributed by atoms with E-state index >= 15 is 0 Å². The van der Waals surface area contributed by atoms with Crippen molar-refractivity contribution in [2.75, 3.05) is 13.2 Å². The van der Waals surface area contributed by atoms with E-state index in [-0.39, 0.29) is 13.2 Å². The molecule has 0 amide bonds. The third kappa shape index (κ3) is 43.6. The summed E-state index contributed by atoms with van der Waals surface area (Å²) in [5.74, 6) is 0. The van der Waals surface area contributed by atoms with Crippen LogP contribution in [-0.2, 0) is 10.4 Å². The molecule has 12 nitrogen and oxygen atoms in total. The Morgan fingerprint density at radius 1 is 0.449 bits per heavy atom. The van der Waals surface area contributed by atoms with Crippen LogP contribution in [0.1, 0.15) is 181 Å². The van der Waals surface area contributed by atoms with E-state index in [4.69, 9.17) is 27.7 Å². The molecule has 0 aromatic rings. The van der Waals surface area contributed by atoms with Crippen molar-refractivity contribution < 1.29 is 59.6 Å². The molecule has 0 saturated carbocycles. The van der Waals surface area contributed by atoms with Crippen LogP contribution in [0.4, 0.5) is 0 Å². The zero-order valence-corrected chi connectivity index (χ0v) is 32.2. The smallest absolute Gasteiger partial charge is 0.136 e. The lowest BCUT2D eigenvalue weighted by molar-refractivity contribution is -0.447. The van der Waals surface area contributed by atoms with Crippen LogP contribution < -0.4 is 11.5 Å². The first-order valence-corrected chi connectivity index (χ1v) is 20.9. The lowest BCUT2D eigenvalue weighted by Crippen LogP contribution is -2.70. The highest BCUT2D eigenvalue weighted by Crippen LogP contribution is 2.15. The SMILES string of the molecule is CCCCCCCCCCCCCC[C@@H](O)[C@@H](O)[C@@H]([NH3+])CO.CCCCCCCCCCCCCC[C@@H](O)[C@@H](O)[C@@H]([NH3+])CO.O=S(=O)([O-])[O-]. The molecule has 6 atom stereocenters. The van der Waals surface area contributed by atoms with Crippen molar-refractivity contribution in [1.29, 1.82) is 0 Å². The zero-order valence-electron chi connectivity index (χ0n) is 31.4. The number of aliphatic hydroxyl groups is 6. The van der Waals surface area contributed by atoms with Crippen molar-refractivity contribution in [2.24, 2.45) is 0 Å². The predicted octanol–water partition coefficient (Wildman–Crippen LogP) is 3.47. The fraction of sp³-hybridized carbons (Fsp3) is 1.00. The van der Waals surface area contributed by atoms with Crippen molar-refractivity contribution in [3.63, 3.8) is 0 Å². The quantitative estimate of drug-likeness (QED) is 0.0284. The third-order valence-electron chi connectivity index (χ3n) is 8.93. The number of aliphatic hydroxyl groups excluding tert-OH is 6. The van der Waals surface area contributed by atoms with E-state index in [0.717, 1.165) is 25.7 Å². The van der Waals surface area contributed by atoms with Gasteiger partial charge in [0.2, 0.25) is 0 Å². The fourth-order valence-electron chi connectivity index (χ4n) is 5.57. The average Bonchev–Trinajstić information content (AvgIpc) is 3.07. The van der Waals surface area contributed by atoms with Gasteiger partial charge in [0.1, 0.15) is 24.3 Å². The summed E-state index contributed by atoms with van der Waals surface area (Å²) in [7, 11) is -5.17. The summed E-state index contributed by atoms with van der Waals surface area (Å²) < 4.78 is 34.1. The van der Waals surface area contributed by atoms with Gasteiger partial charge in [-0.1, -0.05) is 168 Å². The predicted molar refractivity (Wildman–Crippen MR) is 193 cm³/mol. The Hall–Kier alpha value is -0.450. The maximum Gasteiger partial charge on any atom is 0.136 e. The lowest BCUT2D eigenvalue weighted by Gasteiger charge is -2.19. The van der Waals surface area contributed by atoms with E-state index in [2.05, 4.69) is 25.3 Å². The Labute approximate surface area is 300 Å². The van der Waals surface area contributed by atoms with Crippen molar-refractivity contribution >= 4 is 10.4 Å². The van der Waals surface area contributed by atoms with Crippen molar-refractivity contribution in [3.8, 4) is 0 Å². The first kappa shape index (κ1) is 52.9. The molecular formula is C36H80N2O10S. The minimum absolute atomic E-state index is 0.184. The van der Waals surface area contributed by atoms with Crippen molar-refractivity contribution in [2.45, 2.75) is 217 Å². The van der Waals surface area contributed by atoms with Gasteiger partial charge in [-0.15, -0.1) is 0 Å². The molecule has 0 aliphatic rings. The molecule has 0 spiro atoms. The van der Waals surface area contributed by atoms with Gasteiger partial charge < -0.3 is 51.2 Å². The summed E-state index contributed by atoms with van der Waals surface area (Å²) in [6.07, 6.45) is 28.9. The summed E-state index contributed by atoms with van der Waals surface area (Å²) in [6.45, 7) is 4.14. The van der Waals surface area contributed by atoms with Crippen LogP contribution in [0.5, 0.6) is 0 Å². The van der Waals surface area contributed by atoms with Gasteiger partial charge in [-0.3, -0.25) is 8.42 Å². The minimum atomic E-state index is -5.17. The molecule has 12 N–H and O–H groups in total. The van der Waals surface area contributed by atoms with Gasteiger partial charge in [0, 0.05) is 10.4 Å². The maximum atomic E-state index is 9.78. The van der Waals surface area contributed by atoms with E-state index < -0.39 is 46.9 Å². The normalized spacial score (nSPS) is 15.3. The highest BCUT2D eigenvalue weighted by Gasteiger charge is 2.25. The molecule has 0 heterocycles. The maximum absolute atomic E-state index is 9.78. The third-order valence-corrected chi connectivity index (χ3v) is 8.93. The zero-order chi connectivity index (χ0) is 37.8. The van der Waals surface area contributed by atoms with Crippen LogP contribution in [-0.4, -0.2) is 97.9 Å². The minimum Gasteiger partial charge on any atom is -0.759 e.